The van der Waals surface area contributed by atoms with E-state index in [0.717, 1.165) is 5.57 Å². The van der Waals surface area contributed by atoms with Crippen molar-refractivity contribution in [3.63, 3.8) is 0 Å². The second-order valence-electron chi connectivity index (χ2n) is 12.8. The third-order valence-corrected chi connectivity index (χ3v) is 9.36. The molecule has 14 nitrogen and oxygen atoms in total. The van der Waals surface area contributed by atoms with E-state index >= 15 is 0 Å². The Labute approximate surface area is 277 Å². The van der Waals surface area contributed by atoms with Gasteiger partial charge in [-0.15, -0.1) is 0 Å². The van der Waals surface area contributed by atoms with Gasteiger partial charge in [0.1, 0.15) is 31.7 Å². The molecule has 14 heteroatoms. The summed E-state index contributed by atoms with van der Waals surface area (Å²) in [5.41, 5.74) is 0.0838. The number of hydrogen-bond acceptors (Lipinski definition) is 13. The Hall–Kier alpha value is -2.62. The zero-order valence-electron chi connectivity index (χ0n) is 29.2. The molecule has 0 radical (unpaired) electrons. The number of amides is 1. The third kappa shape index (κ3) is 8.90. The van der Waals surface area contributed by atoms with Gasteiger partial charge in [0.05, 0.1) is 18.3 Å². The molecule has 0 aromatic heterocycles. The highest BCUT2D eigenvalue weighted by Crippen LogP contribution is 2.44. The molecule has 1 amide bonds. The van der Waals surface area contributed by atoms with E-state index in [2.05, 4.69) is 11.9 Å². The van der Waals surface area contributed by atoms with Crippen LogP contribution >= 0.6 is 0 Å². The summed E-state index contributed by atoms with van der Waals surface area (Å²) in [6.07, 6.45) is -5.98. The number of rotatable bonds is 14. The number of nitrogens with one attached hydrogen (secondary N) is 1. The van der Waals surface area contributed by atoms with E-state index in [4.69, 9.17) is 42.6 Å². The summed E-state index contributed by atoms with van der Waals surface area (Å²) in [6, 6.07) is 0. The zero-order valence-corrected chi connectivity index (χ0v) is 29.2. The molecular weight excluding hydrogens is 618 g/mol. The lowest BCUT2D eigenvalue weighted by molar-refractivity contribution is -0.333. The van der Waals surface area contributed by atoms with E-state index in [1.54, 1.807) is 27.9 Å². The maximum atomic E-state index is 14.1. The average molecular weight is 672 g/mol. The zero-order chi connectivity index (χ0) is 35.1. The second kappa shape index (κ2) is 16.7. The van der Waals surface area contributed by atoms with Crippen molar-refractivity contribution in [3.8, 4) is 0 Å². The molecule has 268 valence electrons. The Bertz CT molecular complexity index is 1130. The van der Waals surface area contributed by atoms with Crippen LogP contribution in [0.4, 0.5) is 0 Å². The number of carbonyl (C=O) groups is 4. The lowest BCUT2D eigenvalue weighted by Gasteiger charge is -2.54. The number of methoxy groups -OCH3 is 2. The number of esters is 3. The Morgan fingerprint density at radius 1 is 0.957 bits per heavy atom. The topological polar surface area (TPSA) is 163 Å². The number of ether oxygens (including phenoxy) is 9. The van der Waals surface area contributed by atoms with Crippen LogP contribution in [0.25, 0.3) is 0 Å². The van der Waals surface area contributed by atoms with Crippen LogP contribution < -0.4 is 5.32 Å². The van der Waals surface area contributed by atoms with Gasteiger partial charge >= 0.3 is 17.9 Å². The minimum Gasteiger partial charge on any atom is -0.462 e. The number of fused-ring (bicyclic) bond motifs is 1. The summed E-state index contributed by atoms with van der Waals surface area (Å²) in [7, 11) is 2.94. The Morgan fingerprint density at radius 2 is 1.60 bits per heavy atom. The Morgan fingerprint density at radius 3 is 2.17 bits per heavy atom. The van der Waals surface area contributed by atoms with Gasteiger partial charge in [0.2, 0.25) is 11.9 Å². The Balaban J connectivity index is 1.91. The van der Waals surface area contributed by atoms with Crippen LogP contribution in [-0.4, -0.2) is 106 Å². The fraction of sp³-hybridized carbons (Fsp3) is 0.818. The molecule has 3 fully saturated rings. The van der Waals surface area contributed by atoms with Gasteiger partial charge in [0.25, 0.3) is 5.91 Å². The largest absolute Gasteiger partial charge is 0.462 e. The molecule has 3 heterocycles. The summed E-state index contributed by atoms with van der Waals surface area (Å²) >= 11 is 0. The molecule has 0 unspecified atom stereocenters. The van der Waals surface area contributed by atoms with Crippen molar-refractivity contribution in [2.24, 2.45) is 11.3 Å². The van der Waals surface area contributed by atoms with Gasteiger partial charge in [-0.3, -0.25) is 19.2 Å². The first-order chi connectivity index (χ1) is 22.2. The molecule has 0 bridgehead atoms. The number of hydrogen-bond donors (Lipinski definition) is 1. The monoisotopic (exact) mass is 671 g/mol. The number of carbonyl (C=O) groups excluding carboxylic acids is 4. The van der Waals surface area contributed by atoms with E-state index in [1.165, 1.54) is 7.11 Å². The van der Waals surface area contributed by atoms with Crippen molar-refractivity contribution in [3.05, 3.63) is 12.2 Å². The highest BCUT2D eigenvalue weighted by molar-refractivity contribution is 5.85. The van der Waals surface area contributed by atoms with Crippen molar-refractivity contribution in [1.29, 1.82) is 0 Å². The molecule has 0 saturated carbocycles. The summed E-state index contributed by atoms with van der Waals surface area (Å²) < 4.78 is 53.0. The van der Waals surface area contributed by atoms with Gasteiger partial charge < -0.3 is 47.9 Å². The fourth-order valence-corrected chi connectivity index (χ4v) is 6.22. The highest BCUT2D eigenvalue weighted by Gasteiger charge is 2.58. The van der Waals surface area contributed by atoms with E-state index in [0.29, 0.717) is 0 Å². The van der Waals surface area contributed by atoms with Crippen LogP contribution in [0.3, 0.4) is 0 Å². The SMILES string of the molecule is C=C1C[C@](OC)([C@H](OC(=O)CC)C(=O)N[C@H]2OCO[C@H]3[C@@H]2O[C@H](C[C@H](COC(=O)CC)OC(=O)CC)C(C)(C)[C@@H]3OC)O[C@H](C)[C@@H]1C. The highest BCUT2D eigenvalue weighted by atomic mass is 16.7. The van der Waals surface area contributed by atoms with E-state index < -0.39 is 77.9 Å². The molecule has 3 aliphatic heterocycles. The minimum atomic E-state index is -1.64. The molecule has 3 saturated heterocycles. The minimum absolute atomic E-state index is 0.0156. The summed E-state index contributed by atoms with van der Waals surface area (Å²) in [5, 5.41) is 2.84. The third-order valence-electron chi connectivity index (χ3n) is 9.36. The first kappa shape index (κ1) is 38.8. The Kier molecular flexibility index (Phi) is 13.8. The van der Waals surface area contributed by atoms with E-state index in [9.17, 15) is 19.2 Å². The molecule has 1 N–H and O–H groups in total. The van der Waals surface area contributed by atoms with E-state index in [1.807, 2.05) is 27.7 Å². The smallest absolute Gasteiger partial charge is 0.306 e. The summed E-state index contributed by atoms with van der Waals surface area (Å²) in [5.74, 6) is -3.89. The summed E-state index contributed by atoms with van der Waals surface area (Å²) in [4.78, 5) is 50.9. The van der Waals surface area contributed by atoms with Crippen molar-refractivity contribution in [2.75, 3.05) is 27.6 Å². The normalized spacial score (nSPS) is 33.1. The first-order valence-corrected chi connectivity index (χ1v) is 16.3. The van der Waals surface area contributed by atoms with Crippen LogP contribution in [0.2, 0.25) is 0 Å². The van der Waals surface area contributed by atoms with Crippen molar-refractivity contribution < 1.29 is 61.8 Å². The van der Waals surface area contributed by atoms with Crippen LogP contribution in [0.1, 0.15) is 80.6 Å². The molecule has 3 rings (SSSR count). The van der Waals surface area contributed by atoms with Crippen molar-refractivity contribution in [1.82, 2.24) is 5.32 Å². The van der Waals surface area contributed by atoms with Crippen LogP contribution in [0.15, 0.2) is 12.2 Å². The van der Waals surface area contributed by atoms with Crippen LogP contribution in [0, 0.1) is 11.3 Å². The lowest BCUT2D eigenvalue weighted by atomic mass is 9.72. The maximum absolute atomic E-state index is 14.1. The van der Waals surface area contributed by atoms with Gasteiger partial charge in [0.15, 0.2) is 6.23 Å². The van der Waals surface area contributed by atoms with Crippen molar-refractivity contribution >= 4 is 23.8 Å². The maximum Gasteiger partial charge on any atom is 0.306 e. The van der Waals surface area contributed by atoms with Crippen LogP contribution in [0.5, 0.6) is 0 Å². The molecule has 0 aromatic carbocycles. The predicted octanol–water partition coefficient (Wildman–Crippen LogP) is 2.94. The predicted molar refractivity (Wildman–Crippen MR) is 165 cm³/mol. The average Bonchev–Trinajstić information content (AvgIpc) is 3.04. The molecule has 0 spiro atoms. The molecular formula is C33H53NO13. The second-order valence-corrected chi connectivity index (χ2v) is 12.8. The molecule has 0 aromatic rings. The van der Waals surface area contributed by atoms with Gasteiger partial charge in [-0.25, -0.2) is 0 Å². The van der Waals surface area contributed by atoms with Gasteiger partial charge in [-0.2, -0.15) is 0 Å². The standard InChI is InChI=1S/C33H53NO13/c1-11-23(35)41-16-21(44-24(36)12-2)14-22-32(7,8)28(39-9)26-27(45-22)31(43-17-42-26)34-30(38)29(46-25(37)13-3)33(40-10)15-18(4)19(5)20(6)47-33/h19-22,26-29,31H,4,11-17H2,1-3,5-10H3,(H,34,38)/t19-,20-,21-,22-,26+,27+,28-,29-,31+,33-/m1/s1. The van der Waals surface area contributed by atoms with Gasteiger partial charge in [0, 0.05) is 57.7 Å². The first-order valence-electron chi connectivity index (χ1n) is 16.3. The van der Waals surface area contributed by atoms with Gasteiger partial charge in [-0.05, 0) is 6.92 Å². The molecule has 47 heavy (non-hydrogen) atoms. The van der Waals surface area contributed by atoms with E-state index in [-0.39, 0.29) is 57.5 Å². The summed E-state index contributed by atoms with van der Waals surface area (Å²) in [6.45, 7) is 16.4. The van der Waals surface area contributed by atoms with Crippen LogP contribution in [-0.2, 0) is 61.8 Å². The fourth-order valence-electron chi connectivity index (χ4n) is 6.22. The molecule has 10 atom stereocenters. The lowest BCUT2D eigenvalue weighted by Crippen LogP contribution is -2.69. The van der Waals surface area contributed by atoms with Gasteiger partial charge in [-0.1, -0.05) is 53.7 Å². The molecule has 3 aliphatic rings. The quantitative estimate of drug-likeness (QED) is 0.163. The molecule has 0 aliphatic carbocycles. The van der Waals surface area contributed by atoms with Crippen molar-refractivity contribution in [2.45, 2.75) is 135 Å².